The van der Waals surface area contributed by atoms with Crippen LogP contribution in [0.5, 0.6) is 11.5 Å². The SMILES string of the molecule is COc1cc(C=C(C#N)c2ccc([N+](=O)[O-])cc2)cc(I)c1OCc1ccccc1Cl. The van der Waals surface area contributed by atoms with Crippen LogP contribution < -0.4 is 9.47 Å². The zero-order valence-corrected chi connectivity index (χ0v) is 19.3. The van der Waals surface area contributed by atoms with Crippen molar-refractivity contribution in [2.75, 3.05) is 7.11 Å². The number of nitriles is 1. The molecular formula is C23H16ClIN2O4. The zero-order chi connectivity index (χ0) is 22.4. The number of hydrogen-bond donors (Lipinski definition) is 0. The van der Waals surface area contributed by atoms with Crippen LogP contribution >= 0.6 is 34.2 Å². The third-order valence-electron chi connectivity index (χ3n) is 4.40. The van der Waals surface area contributed by atoms with Gasteiger partial charge in [-0.15, -0.1) is 0 Å². The standard InChI is InChI=1S/C23H16ClIN2O4/c1-30-22-12-15(10-18(13-26)16-6-8-19(9-7-16)27(28)29)11-21(25)23(22)31-14-17-4-2-3-5-20(17)24/h2-12H,14H2,1H3. The lowest BCUT2D eigenvalue weighted by molar-refractivity contribution is -0.384. The van der Waals surface area contributed by atoms with E-state index in [0.717, 1.165) is 14.7 Å². The summed E-state index contributed by atoms with van der Waals surface area (Å²) in [4.78, 5) is 10.4. The Hall–Kier alpha value is -3.09. The minimum Gasteiger partial charge on any atom is -0.493 e. The monoisotopic (exact) mass is 546 g/mol. The lowest BCUT2D eigenvalue weighted by Gasteiger charge is -2.14. The lowest BCUT2D eigenvalue weighted by atomic mass is 10.0. The molecule has 0 spiro atoms. The molecule has 0 fully saturated rings. The van der Waals surface area contributed by atoms with Gasteiger partial charge in [0.25, 0.3) is 5.69 Å². The number of nitro benzene ring substituents is 1. The highest BCUT2D eigenvalue weighted by Gasteiger charge is 2.13. The fourth-order valence-corrected chi connectivity index (χ4v) is 3.81. The summed E-state index contributed by atoms with van der Waals surface area (Å²) in [6, 6.07) is 19.1. The molecular weight excluding hydrogens is 531 g/mol. The first-order valence-corrected chi connectivity index (χ1v) is 10.5. The van der Waals surface area contributed by atoms with E-state index >= 15 is 0 Å². The highest BCUT2D eigenvalue weighted by atomic mass is 127. The van der Waals surface area contributed by atoms with E-state index in [1.807, 2.05) is 24.3 Å². The Morgan fingerprint density at radius 1 is 1.23 bits per heavy atom. The van der Waals surface area contributed by atoms with Crippen molar-refractivity contribution >= 4 is 51.5 Å². The fraction of sp³-hybridized carbons (Fsp3) is 0.0870. The molecule has 3 rings (SSSR count). The zero-order valence-electron chi connectivity index (χ0n) is 16.3. The molecule has 0 amide bonds. The molecule has 0 saturated carbocycles. The summed E-state index contributed by atoms with van der Waals surface area (Å²) in [6.45, 7) is 0.285. The summed E-state index contributed by atoms with van der Waals surface area (Å²) < 4.78 is 12.3. The van der Waals surface area contributed by atoms with Crippen LogP contribution in [0, 0.1) is 25.0 Å². The summed E-state index contributed by atoms with van der Waals surface area (Å²) >= 11 is 8.35. The largest absolute Gasteiger partial charge is 0.493 e. The molecule has 0 bridgehead atoms. The molecule has 0 aliphatic rings. The topological polar surface area (TPSA) is 85.4 Å². The van der Waals surface area contributed by atoms with Crippen LogP contribution in [-0.4, -0.2) is 12.0 Å². The Morgan fingerprint density at radius 3 is 2.55 bits per heavy atom. The molecule has 0 aromatic heterocycles. The quantitative estimate of drug-likeness (QED) is 0.111. The first-order chi connectivity index (χ1) is 14.9. The van der Waals surface area contributed by atoms with Crippen molar-refractivity contribution in [1.82, 2.24) is 0 Å². The maximum Gasteiger partial charge on any atom is 0.269 e. The van der Waals surface area contributed by atoms with Crippen LogP contribution in [0.25, 0.3) is 11.6 Å². The number of benzene rings is 3. The van der Waals surface area contributed by atoms with Gasteiger partial charge < -0.3 is 9.47 Å². The van der Waals surface area contributed by atoms with Crippen molar-refractivity contribution in [3.8, 4) is 17.6 Å². The van der Waals surface area contributed by atoms with Gasteiger partial charge in [0.15, 0.2) is 11.5 Å². The van der Waals surface area contributed by atoms with Gasteiger partial charge >= 0.3 is 0 Å². The molecule has 0 saturated heterocycles. The number of methoxy groups -OCH3 is 1. The van der Waals surface area contributed by atoms with Crippen LogP contribution in [0.2, 0.25) is 5.02 Å². The van der Waals surface area contributed by atoms with Gasteiger partial charge in [0.05, 0.1) is 27.2 Å². The predicted molar refractivity (Wildman–Crippen MR) is 128 cm³/mol. The van der Waals surface area contributed by atoms with Gasteiger partial charge in [-0.05, 0) is 70.1 Å². The average molecular weight is 547 g/mol. The molecule has 0 N–H and O–H groups in total. The van der Waals surface area contributed by atoms with Crippen LogP contribution in [0.1, 0.15) is 16.7 Å². The number of nitrogens with zero attached hydrogens (tertiary/aromatic N) is 2. The number of non-ortho nitro benzene ring substituents is 1. The molecule has 156 valence electrons. The van der Waals surface area contributed by atoms with Crippen LogP contribution in [-0.2, 0) is 6.61 Å². The van der Waals surface area contributed by atoms with Crippen molar-refractivity contribution in [2.45, 2.75) is 6.61 Å². The van der Waals surface area contributed by atoms with E-state index in [-0.39, 0.29) is 12.3 Å². The van der Waals surface area contributed by atoms with E-state index in [1.54, 1.807) is 37.5 Å². The molecule has 3 aromatic rings. The van der Waals surface area contributed by atoms with Gasteiger partial charge in [-0.1, -0.05) is 29.8 Å². The van der Waals surface area contributed by atoms with Gasteiger partial charge in [-0.25, -0.2) is 0 Å². The molecule has 31 heavy (non-hydrogen) atoms. The van der Waals surface area contributed by atoms with Gasteiger partial charge in [0.1, 0.15) is 6.61 Å². The Balaban J connectivity index is 1.89. The van der Waals surface area contributed by atoms with Crippen molar-refractivity contribution in [2.24, 2.45) is 0 Å². The summed E-state index contributed by atoms with van der Waals surface area (Å²) in [6.07, 6.45) is 1.70. The molecule has 8 heteroatoms. The fourth-order valence-electron chi connectivity index (χ4n) is 2.84. The van der Waals surface area contributed by atoms with Crippen molar-refractivity contribution in [3.63, 3.8) is 0 Å². The summed E-state index contributed by atoms with van der Waals surface area (Å²) in [5.41, 5.74) is 2.52. The first kappa shape index (κ1) is 22.6. The van der Waals surface area contributed by atoms with E-state index < -0.39 is 4.92 Å². The van der Waals surface area contributed by atoms with E-state index in [2.05, 4.69) is 28.7 Å². The maximum absolute atomic E-state index is 10.8. The third-order valence-corrected chi connectivity index (χ3v) is 5.57. The second-order valence-corrected chi connectivity index (χ2v) is 7.96. The second kappa shape index (κ2) is 10.3. The minimum atomic E-state index is -0.478. The molecule has 0 heterocycles. The van der Waals surface area contributed by atoms with Crippen LogP contribution in [0.3, 0.4) is 0 Å². The summed E-state index contributed by atoms with van der Waals surface area (Å²) in [5.74, 6) is 1.10. The van der Waals surface area contributed by atoms with Crippen molar-refractivity contribution in [3.05, 3.63) is 96.1 Å². The summed E-state index contributed by atoms with van der Waals surface area (Å²) in [5, 5.41) is 21.0. The van der Waals surface area contributed by atoms with Crippen molar-refractivity contribution < 1.29 is 14.4 Å². The Kier molecular flexibility index (Phi) is 7.50. The number of ether oxygens (including phenoxy) is 2. The maximum atomic E-state index is 10.8. The smallest absolute Gasteiger partial charge is 0.269 e. The number of nitro groups is 1. The van der Waals surface area contributed by atoms with Crippen molar-refractivity contribution in [1.29, 1.82) is 5.26 Å². The minimum absolute atomic E-state index is 0.0303. The second-order valence-electron chi connectivity index (χ2n) is 6.39. The van der Waals surface area contributed by atoms with E-state index in [1.165, 1.54) is 12.1 Å². The molecule has 0 radical (unpaired) electrons. The summed E-state index contributed by atoms with van der Waals surface area (Å²) in [7, 11) is 1.54. The van der Waals surface area contributed by atoms with E-state index in [4.69, 9.17) is 21.1 Å². The molecule has 0 unspecified atom stereocenters. The lowest BCUT2D eigenvalue weighted by Crippen LogP contribution is -2.00. The Labute approximate surface area is 198 Å². The number of allylic oxidation sites excluding steroid dienone is 1. The first-order valence-electron chi connectivity index (χ1n) is 9.03. The Bertz CT molecular complexity index is 1190. The molecule has 0 atom stereocenters. The van der Waals surface area contributed by atoms with Gasteiger partial charge in [-0.2, -0.15) is 5.26 Å². The highest BCUT2D eigenvalue weighted by Crippen LogP contribution is 2.36. The van der Waals surface area contributed by atoms with Gasteiger partial charge in [0.2, 0.25) is 0 Å². The van der Waals surface area contributed by atoms with E-state index in [9.17, 15) is 15.4 Å². The Morgan fingerprint density at radius 2 is 1.94 bits per heavy atom. The number of hydrogen-bond acceptors (Lipinski definition) is 5. The predicted octanol–water partition coefficient (Wildman–Crippen LogP) is 6.50. The molecule has 6 nitrogen and oxygen atoms in total. The van der Waals surface area contributed by atoms with Crippen LogP contribution in [0.4, 0.5) is 5.69 Å². The van der Waals surface area contributed by atoms with Gasteiger partial charge in [0, 0.05) is 22.7 Å². The molecule has 3 aromatic carbocycles. The average Bonchev–Trinajstić information content (AvgIpc) is 2.77. The van der Waals surface area contributed by atoms with Gasteiger partial charge in [-0.3, -0.25) is 10.1 Å². The third kappa shape index (κ3) is 5.54. The number of halogens is 2. The molecule has 0 aliphatic carbocycles. The molecule has 0 aliphatic heterocycles. The van der Waals surface area contributed by atoms with Crippen LogP contribution in [0.15, 0.2) is 60.7 Å². The normalized spacial score (nSPS) is 11.0. The van der Waals surface area contributed by atoms with E-state index in [0.29, 0.717) is 27.7 Å². The number of rotatable bonds is 7. The highest BCUT2D eigenvalue weighted by molar-refractivity contribution is 14.1.